The van der Waals surface area contributed by atoms with Crippen molar-refractivity contribution in [2.24, 2.45) is 0 Å². The molecule has 0 saturated heterocycles. The van der Waals surface area contributed by atoms with Gasteiger partial charge in [0.15, 0.2) is 0 Å². The summed E-state index contributed by atoms with van der Waals surface area (Å²) in [5.41, 5.74) is 1.64. The van der Waals surface area contributed by atoms with Gasteiger partial charge in [0.25, 0.3) is 5.91 Å². The molecule has 0 fully saturated rings. The summed E-state index contributed by atoms with van der Waals surface area (Å²) in [5, 5.41) is 4.30. The molecule has 2 aromatic carbocycles. The number of thioether (sulfide) groups is 1. The fourth-order valence-electron chi connectivity index (χ4n) is 2.07. The Bertz CT molecular complexity index is 848. The highest BCUT2D eigenvalue weighted by molar-refractivity contribution is 7.98. The van der Waals surface area contributed by atoms with Gasteiger partial charge in [-0.25, -0.2) is 4.98 Å². The zero-order chi connectivity index (χ0) is 16.2. The van der Waals surface area contributed by atoms with Crippen LogP contribution in [0.15, 0.2) is 59.6 Å². The lowest BCUT2D eigenvalue weighted by atomic mass is 10.2. The number of carbonyl (C=O) groups excluding carboxylic acids is 1. The molecule has 6 heteroatoms. The van der Waals surface area contributed by atoms with Crippen molar-refractivity contribution in [2.75, 3.05) is 11.6 Å². The number of hydrogen-bond acceptors (Lipinski definition) is 4. The molecule has 116 valence electrons. The van der Waals surface area contributed by atoms with Crippen LogP contribution in [-0.4, -0.2) is 17.1 Å². The highest BCUT2D eigenvalue weighted by Crippen LogP contribution is 2.31. The third-order valence-electron chi connectivity index (χ3n) is 3.19. The zero-order valence-corrected chi connectivity index (χ0v) is 14.6. The molecule has 0 aliphatic carbocycles. The lowest BCUT2D eigenvalue weighted by Crippen LogP contribution is -2.10. The van der Waals surface area contributed by atoms with Crippen LogP contribution in [-0.2, 0) is 0 Å². The number of thiazole rings is 1. The van der Waals surface area contributed by atoms with Gasteiger partial charge < -0.3 is 5.32 Å². The minimum absolute atomic E-state index is 0.165. The molecule has 0 saturated carbocycles. The van der Waals surface area contributed by atoms with Crippen LogP contribution in [0.25, 0.3) is 10.6 Å². The van der Waals surface area contributed by atoms with E-state index in [9.17, 15) is 4.79 Å². The van der Waals surface area contributed by atoms with Crippen LogP contribution in [0.5, 0.6) is 0 Å². The van der Waals surface area contributed by atoms with E-state index in [4.69, 9.17) is 11.6 Å². The summed E-state index contributed by atoms with van der Waals surface area (Å²) >= 11 is 9.10. The van der Waals surface area contributed by atoms with Crippen molar-refractivity contribution in [2.45, 2.75) is 4.90 Å². The first-order chi connectivity index (χ1) is 11.2. The second-order valence-electron chi connectivity index (χ2n) is 4.66. The monoisotopic (exact) mass is 360 g/mol. The van der Waals surface area contributed by atoms with Gasteiger partial charge in [0.2, 0.25) is 0 Å². The smallest absolute Gasteiger partial charge is 0.267 e. The van der Waals surface area contributed by atoms with Gasteiger partial charge in [-0.2, -0.15) is 0 Å². The maximum Gasteiger partial charge on any atom is 0.267 e. The van der Waals surface area contributed by atoms with Gasteiger partial charge in [0.1, 0.15) is 9.88 Å². The first-order valence-electron chi connectivity index (χ1n) is 6.84. The molecule has 23 heavy (non-hydrogen) atoms. The fraction of sp³-hybridized carbons (Fsp3) is 0.0588. The second-order valence-corrected chi connectivity index (χ2v) is 6.95. The number of para-hydroxylation sites is 1. The van der Waals surface area contributed by atoms with E-state index in [2.05, 4.69) is 10.3 Å². The van der Waals surface area contributed by atoms with Crippen LogP contribution >= 0.6 is 34.7 Å². The summed E-state index contributed by atoms with van der Waals surface area (Å²) in [6, 6.07) is 15.2. The highest BCUT2D eigenvalue weighted by atomic mass is 35.5. The number of rotatable bonds is 4. The Morgan fingerprint density at radius 2 is 1.91 bits per heavy atom. The second kappa shape index (κ2) is 7.17. The Morgan fingerprint density at radius 1 is 1.17 bits per heavy atom. The van der Waals surface area contributed by atoms with Crippen LogP contribution in [0, 0.1) is 0 Å². The summed E-state index contributed by atoms with van der Waals surface area (Å²) in [6.07, 6.45) is 3.56. The first kappa shape index (κ1) is 16.1. The molecule has 1 heterocycles. The zero-order valence-electron chi connectivity index (χ0n) is 12.2. The van der Waals surface area contributed by atoms with Crippen LogP contribution in [0.1, 0.15) is 9.67 Å². The summed E-state index contributed by atoms with van der Waals surface area (Å²) < 4.78 is 0. The average molecular weight is 361 g/mol. The molecule has 1 aromatic heterocycles. The van der Waals surface area contributed by atoms with Crippen LogP contribution in [0.4, 0.5) is 5.69 Å². The number of amides is 1. The Balaban J connectivity index is 1.83. The molecule has 0 bridgehead atoms. The summed E-state index contributed by atoms with van der Waals surface area (Å²) in [4.78, 5) is 18.3. The van der Waals surface area contributed by atoms with Crippen molar-refractivity contribution < 1.29 is 4.79 Å². The number of nitrogens with zero attached hydrogens (tertiary/aromatic N) is 1. The fourth-order valence-corrected chi connectivity index (χ4v) is 3.76. The van der Waals surface area contributed by atoms with Crippen molar-refractivity contribution in [3.63, 3.8) is 0 Å². The van der Waals surface area contributed by atoms with Gasteiger partial charge in [-0.1, -0.05) is 41.9 Å². The van der Waals surface area contributed by atoms with Gasteiger partial charge in [0.05, 0.1) is 16.9 Å². The maximum atomic E-state index is 12.4. The van der Waals surface area contributed by atoms with Crippen molar-refractivity contribution in [1.29, 1.82) is 0 Å². The predicted octanol–water partition coefficient (Wildman–Crippen LogP) is 5.44. The van der Waals surface area contributed by atoms with E-state index < -0.39 is 0 Å². The maximum absolute atomic E-state index is 12.4. The molecule has 1 amide bonds. The van der Waals surface area contributed by atoms with Gasteiger partial charge in [-0.05, 0) is 24.5 Å². The third-order valence-corrected chi connectivity index (χ3v) is 5.34. The van der Waals surface area contributed by atoms with Crippen molar-refractivity contribution in [3.05, 3.63) is 64.6 Å². The van der Waals surface area contributed by atoms with E-state index >= 15 is 0 Å². The van der Waals surface area contributed by atoms with E-state index in [1.165, 1.54) is 11.3 Å². The van der Waals surface area contributed by atoms with E-state index in [0.29, 0.717) is 9.90 Å². The number of nitrogens with one attached hydrogen (secondary N) is 1. The minimum Gasteiger partial charge on any atom is -0.320 e. The van der Waals surface area contributed by atoms with Gasteiger partial charge >= 0.3 is 0 Å². The van der Waals surface area contributed by atoms with E-state index in [1.54, 1.807) is 18.0 Å². The normalized spacial score (nSPS) is 10.5. The molecule has 1 N–H and O–H groups in total. The van der Waals surface area contributed by atoms with E-state index in [0.717, 1.165) is 21.2 Å². The summed E-state index contributed by atoms with van der Waals surface area (Å²) in [5.74, 6) is -0.165. The molecule has 0 aliphatic rings. The van der Waals surface area contributed by atoms with Gasteiger partial charge in [-0.3, -0.25) is 4.79 Å². The predicted molar refractivity (Wildman–Crippen MR) is 98.7 cm³/mol. The van der Waals surface area contributed by atoms with Crippen LogP contribution < -0.4 is 5.32 Å². The Kier molecular flexibility index (Phi) is 5.00. The summed E-state index contributed by atoms with van der Waals surface area (Å²) in [7, 11) is 0. The van der Waals surface area contributed by atoms with Crippen LogP contribution in [0.3, 0.4) is 0 Å². The lowest BCUT2D eigenvalue weighted by molar-refractivity contribution is 0.103. The van der Waals surface area contributed by atoms with Crippen molar-refractivity contribution in [1.82, 2.24) is 4.98 Å². The molecule has 3 rings (SSSR count). The van der Waals surface area contributed by atoms with E-state index in [1.807, 2.05) is 54.8 Å². The number of hydrogen-bond donors (Lipinski definition) is 1. The Labute approximate surface area is 147 Å². The Morgan fingerprint density at radius 3 is 2.70 bits per heavy atom. The number of carbonyl (C=O) groups is 1. The third kappa shape index (κ3) is 3.58. The van der Waals surface area contributed by atoms with Crippen LogP contribution in [0.2, 0.25) is 5.02 Å². The molecule has 0 unspecified atom stereocenters. The Hall–Kier alpha value is -1.82. The molecule has 0 aliphatic heterocycles. The number of benzene rings is 2. The summed E-state index contributed by atoms with van der Waals surface area (Å²) in [6.45, 7) is 0. The SMILES string of the molecule is CSc1ccccc1NC(=O)c1cnc(-c2ccccc2Cl)s1. The standard InChI is InChI=1S/C17H13ClN2OS2/c1-22-14-9-5-4-8-13(14)20-16(21)15-10-19-17(23-15)11-6-2-3-7-12(11)18/h2-10H,1H3,(H,20,21). The first-order valence-corrected chi connectivity index (χ1v) is 9.26. The molecule has 3 aromatic rings. The largest absolute Gasteiger partial charge is 0.320 e. The topological polar surface area (TPSA) is 42.0 Å². The number of halogens is 1. The molecule has 0 spiro atoms. The number of aromatic nitrogens is 1. The number of anilines is 1. The van der Waals surface area contributed by atoms with Crippen molar-refractivity contribution in [3.8, 4) is 10.6 Å². The molecule has 0 atom stereocenters. The molecule has 3 nitrogen and oxygen atoms in total. The highest BCUT2D eigenvalue weighted by Gasteiger charge is 2.14. The van der Waals surface area contributed by atoms with E-state index in [-0.39, 0.29) is 5.91 Å². The lowest BCUT2D eigenvalue weighted by Gasteiger charge is -2.07. The average Bonchev–Trinajstić information content (AvgIpc) is 3.05. The van der Waals surface area contributed by atoms with Gasteiger partial charge in [-0.15, -0.1) is 23.1 Å². The molecular weight excluding hydrogens is 348 g/mol. The minimum atomic E-state index is -0.165. The quantitative estimate of drug-likeness (QED) is 0.630. The molecular formula is C17H13ClN2OS2. The molecule has 0 radical (unpaired) electrons. The van der Waals surface area contributed by atoms with Gasteiger partial charge in [0, 0.05) is 10.5 Å². The van der Waals surface area contributed by atoms with Crippen molar-refractivity contribution >= 4 is 46.3 Å².